The third kappa shape index (κ3) is 4.69. The number of carbonyl (C=O) groups is 1. The van der Waals surface area contributed by atoms with Crippen LogP contribution in [0.4, 0.5) is 5.69 Å². The van der Waals surface area contributed by atoms with Gasteiger partial charge < -0.3 is 15.8 Å². The molecule has 5 heteroatoms. The summed E-state index contributed by atoms with van der Waals surface area (Å²) in [5.74, 6) is 0.915. The van der Waals surface area contributed by atoms with E-state index >= 15 is 0 Å². The Labute approximate surface area is 126 Å². The quantitative estimate of drug-likeness (QED) is 0.878. The Morgan fingerprint density at radius 3 is 2.90 bits per heavy atom. The van der Waals surface area contributed by atoms with Gasteiger partial charge in [-0.05, 0) is 37.8 Å². The van der Waals surface area contributed by atoms with Crippen LogP contribution in [-0.2, 0) is 4.79 Å². The molecule has 0 aliphatic heterocycles. The Bertz CT molecular complexity index is 440. The van der Waals surface area contributed by atoms with Crippen molar-refractivity contribution < 1.29 is 9.53 Å². The minimum absolute atomic E-state index is 0. The molecule has 0 bridgehead atoms. The van der Waals surface area contributed by atoms with Crippen LogP contribution in [0.1, 0.15) is 32.6 Å². The van der Waals surface area contributed by atoms with Crippen LogP contribution in [0.2, 0.25) is 0 Å². The average Bonchev–Trinajstić information content (AvgIpc) is 2.83. The number of hydrogen-bond donors (Lipinski definition) is 2. The Morgan fingerprint density at radius 1 is 1.45 bits per heavy atom. The van der Waals surface area contributed by atoms with E-state index in [1.165, 1.54) is 0 Å². The first-order valence-electron chi connectivity index (χ1n) is 6.98. The summed E-state index contributed by atoms with van der Waals surface area (Å²) in [5.41, 5.74) is 6.63. The van der Waals surface area contributed by atoms with E-state index in [1.807, 2.05) is 24.3 Å². The number of hydrogen-bond acceptors (Lipinski definition) is 3. The fraction of sp³-hybridized carbons (Fsp3) is 0.533. The van der Waals surface area contributed by atoms with Crippen molar-refractivity contribution in [2.45, 2.75) is 38.6 Å². The van der Waals surface area contributed by atoms with Gasteiger partial charge in [0.15, 0.2) is 0 Å². The van der Waals surface area contributed by atoms with Gasteiger partial charge >= 0.3 is 0 Å². The van der Waals surface area contributed by atoms with Crippen molar-refractivity contribution in [3.63, 3.8) is 0 Å². The standard InChI is InChI=1S/C15H22N2O2.ClH/c1-2-8-19-14-5-3-4-13(10-14)17-15(18)11-6-7-12(16)9-11;/h3-5,10-12H,2,6-9,16H2,1H3,(H,17,18);1H. The van der Waals surface area contributed by atoms with E-state index in [0.29, 0.717) is 6.61 Å². The number of amides is 1. The molecule has 0 spiro atoms. The SMILES string of the molecule is CCCOc1cccc(NC(=O)C2CCC(N)C2)c1.Cl. The first-order chi connectivity index (χ1) is 9.19. The number of nitrogens with one attached hydrogen (secondary N) is 1. The largest absolute Gasteiger partial charge is 0.494 e. The second kappa shape index (κ2) is 8.12. The van der Waals surface area contributed by atoms with Crippen LogP contribution in [0.3, 0.4) is 0 Å². The normalized spacial score (nSPS) is 21.1. The van der Waals surface area contributed by atoms with Crippen molar-refractivity contribution >= 4 is 24.0 Å². The molecule has 20 heavy (non-hydrogen) atoms. The second-order valence-electron chi connectivity index (χ2n) is 5.14. The van der Waals surface area contributed by atoms with E-state index in [1.54, 1.807) is 0 Å². The summed E-state index contributed by atoms with van der Waals surface area (Å²) in [7, 11) is 0. The van der Waals surface area contributed by atoms with Crippen LogP contribution in [0.5, 0.6) is 5.75 Å². The molecule has 2 atom stereocenters. The van der Waals surface area contributed by atoms with Crippen LogP contribution in [-0.4, -0.2) is 18.6 Å². The van der Waals surface area contributed by atoms with Crippen LogP contribution < -0.4 is 15.8 Å². The molecule has 0 saturated heterocycles. The van der Waals surface area contributed by atoms with Gasteiger partial charge in [0.1, 0.15) is 5.75 Å². The summed E-state index contributed by atoms with van der Waals surface area (Å²) < 4.78 is 5.55. The highest BCUT2D eigenvalue weighted by Crippen LogP contribution is 2.26. The van der Waals surface area contributed by atoms with E-state index in [9.17, 15) is 4.79 Å². The lowest BCUT2D eigenvalue weighted by atomic mass is 10.1. The fourth-order valence-electron chi connectivity index (χ4n) is 2.38. The van der Waals surface area contributed by atoms with Gasteiger partial charge in [-0.15, -0.1) is 12.4 Å². The summed E-state index contributed by atoms with van der Waals surface area (Å²) in [5, 5.41) is 2.95. The second-order valence-corrected chi connectivity index (χ2v) is 5.14. The molecule has 4 nitrogen and oxygen atoms in total. The third-order valence-electron chi connectivity index (χ3n) is 3.42. The Balaban J connectivity index is 0.00000200. The van der Waals surface area contributed by atoms with Crippen molar-refractivity contribution in [2.75, 3.05) is 11.9 Å². The molecule has 0 heterocycles. The van der Waals surface area contributed by atoms with Gasteiger partial charge in [0.2, 0.25) is 5.91 Å². The zero-order chi connectivity index (χ0) is 13.7. The molecule has 1 aliphatic carbocycles. The molecule has 2 rings (SSSR count). The van der Waals surface area contributed by atoms with Crippen molar-refractivity contribution in [3.8, 4) is 5.75 Å². The molecular formula is C15H23ClN2O2. The molecule has 2 unspecified atom stereocenters. The van der Waals surface area contributed by atoms with E-state index < -0.39 is 0 Å². The molecule has 1 fully saturated rings. The average molecular weight is 299 g/mol. The molecule has 3 N–H and O–H groups in total. The van der Waals surface area contributed by atoms with Gasteiger partial charge in [0.05, 0.1) is 6.61 Å². The minimum atomic E-state index is 0. The van der Waals surface area contributed by atoms with Gasteiger partial charge in [0, 0.05) is 23.7 Å². The zero-order valence-corrected chi connectivity index (χ0v) is 12.6. The Morgan fingerprint density at radius 2 is 2.25 bits per heavy atom. The number of carbonyl (C=O) groups excluding carboxylic acids is 1. The third-order valence-corrected chi connectivity index (χ3v) is 3.42. The van der Waals surface area contributed by atoms with Crippen LogP contribution in [0.15, 0.2) is 24.3 Å². The Hall–Kier alpha value is -1.26. The highest BCUT2D eigenvalue weighted by molar-refractivity contribution is 5.92. The maximum Gasteiger partial charge on any atom is 0.227 e. The monoisotopic (exact) mass is 298 g/mol. The lowest BCUT2D eigenvalue weighted by Crippen LogP contribution is -2.23. The van der Waals surface area contributed by atoms with Crippen LogP contribution in [0.25, 0.3) is 0 Å². The Kier molecular flexibility index (Phi) is 6.82. The fourth-order valence-corrected chi connectivity index (χ4v) is 2.38. The van der Waals surface area contributed by atoms with Gasteiger partial charge in [-0.25, -0.2) is 0 Å². The molecule has 1 aromatic rings. The molecule has 0 aromatic heterocycles. The zero-order valence-electron chi connectivity index (χ0n) is 11.8. The molecule has 0 radical (unpaired) electrons. The molecule has 1 aromatic carbocycles. The lowest BCUT2D eigenvalue weighted by molar-refractivity contribution is -0.119. The maximum absolute atomic E-state index is 12.1. The van der Waals surface area contributed by atoms with Crippen molar-refractivity contribution in [1.29, 1.82) is 0 Å². The van der Waals surface area contributed by atoms with E-state index in [-0.39, 0.29) is 30.3 Å². The first-order valence-corrected chi connectivity index (χ1v) is 6.98. The summed E-state index contributed by atoms with van der Waals surface area (Å²) >= 11 is 0. The van der Waals surface area contributed by atoms with Crippen LogP contribution in [0, 0.1) is 5.92 Å². The van der Waals surface area contributed by atoms with Gasteiger partial charge in [-0.3, -0.25) is 4.79 Å². The van der Waals surface area contributed by atoms with Gasteiger partial charge in [0.25, 0.3) is 0 Å². The van der Waals surface area contributed by atoms with Crippen molar-refractivity contribution in [2.24, 2.45) is 11.7 Å². The predicted molar refractivity (Wildman–Crippen MR) is 83.4 cm³/mol. The highest BCUT2D eigenvalue weighted by atomic mass is 35.5. The minimum Gasteiger partial charge on any atom is -0.494 e. The van der Waals surface area contributed by atoms with Gasteiger partial charge in [-0.2, -0.15) is 0 Å². The topological polar surface area (TPSA) is 64.3 Å². The molecule has 112 valence electrons. The summed E-state index contributed by atoms with van der Waals surface area (Å²) in [6.07, 6.45) is 3.59. The first kappa shape index (κ1) is 16.8. The number of anilines is 1. The number of benzene rings is 1. The smallest absolute Gasteiger partial charge is 0.227 e. The van der Waals surface area contributed by atoms with Crippen molar-refractivity contribution in [1.82, 2.24) is 0 Å². The number of rotatable bonds is 5. The van der Waals surface area contributed by atoms with E-state index in [2.05, 4.69) is 12.2 Å². The summed E-state index contributed by atoms with van der Waals surface area (Å²) in [6, 6.07) is 7.71. The highest BCUT2D eigenvalue weighted by Gasteiger charge is 2.27. The van der Waals surface area contributed by atoms with Crippen LogP contribution >= 0.6 is 12.4 Å². The molecule has 1 saturated carbocycles. The summed E-state index contributed by atoms with van der Waals surface area (Å²) in [6.45, 7) is 2.75. The lowest BCUT2D eigenvalue weighted by Gasteiger charge is -2.12. The number of nitrogens with two attached hydrogens (primary N) is 1. The number of halogens is 1. The summed E-state index contributed by atoms with van der Waals surface area (Å²) in [4.78, 5) is 12.1. The predicted octanol–water partition coefficient (Wildman–Crippen LogP) is 2.96. The van der Waals surface area contributed by atoms with Gasteiger partial charge in [-0.1, -0.05) is 13.0 Å². The molecular weight excluding hydrogens is 276 g/mol. The van der Waals surface area contributed by atoms with Crippen molar-refractivity contribution in [3.05, 3.63) is 24.3 Å². The van der Waals surface area contributed by atoms with E-state index in [0.717, 1.165) is 37.1 Å². The maximum atomic E-state index is 12.1. The molecule has 1 aliphatic rings. The van der Waals surface area contributed by atoms with E-state index in [4.69, 9.17) is 10.5 Å². The molecule has 1 amide bonds. The number of ether oxygens (including phenoxy) is 1.